The minimum absolute atomic E-state index is 0.128. The minimum atomic E-state index is -0.969. The molecule has 198 valence electrons. The van der Waals surface area contributed by atoms with Crippen molar-refractivity contribution in [1.29, 1.82) is 0 Å². The lowest BCUT2D eigenvalue weighted by atomic mass is 9.86. The number of fused-ring (bicyclic) bond motifs is 2. The molecule has 2 N–H and O–H groups in total. The summed E-state index contributed by atoms with van der Waals surface area (Å²) in [5.41, 5.74) is 3.30. The Bertz CT molecular complexity index is 1230. The lowest BCUT2D eigenvalue weighted by Crippen LogP contribution is -2.47. The van der Waals surface area contributed by atoms with E-state index in [1.54, 1.807) is 19.1 Å². The molecular weight excluding hydrogens is 475 g/mol. The van der Waals surface area contributed by atoms with Crippen LogP contribution in [0.1, 0.15) is 75.3 Å². The van der Waals surface area contributed by atoms with Gasteiger partial charge in [0, 0.05) is 24.6 Å². The van der Waals surface area contributed by atoms with Gasteiger partial charge < -0.3 is 20.1 Å². The van der Waals surface area contributed by atoms with Gasteiger partial charge in [0.2, 0.25) is 5.91 Å². The number of carbonyl (C=O) groups is 3. The average Bonchev–Trinajstić information content (AvgIpc) is 3.15. The zero-order valence-corrected chi connectivity index (χ0v) is 21.9. The number of aryl methyl sites for hydroxylation is 1. The van der Waals surface area contributed by atoms with Crippen molar-refractivity contribution in [1.82, 2.24) is 4.90 Å². The van der Waals surface area contributed by atoms with Crippen LogP contribution in [0.4, 0.5) is 10.1 Å². The van der Waals surface area contributed by atoms with Crippen molar-refractivity contribution in [2.45, 2.75) is 71.3 Å². The van der Waals surface area contributed by atoms with Crippen LogP contribution in [0.3, 0.4) is 0 Å². The highest BCUT2D eigenvalue weighted by molar-refractivity contribution is 5.99. The van der Waals surface area contributed by atoms with Crippen LogP contribution in [0.15, 0.2) is 30.3 Å². The normalized spacial score (nSPS) is 18.5. The molecule has 7 nitrogen and oxygen atoms in total. The highest BCUT2D eigenvalue weighted by atomic mass is 19.1. The number of nitrogens with zero attached hydrogens (tertiary/aromatic N) is 1. The number of nitrogens with one attached hydrogen (secondary N) is 1. The molecule has 0 fully saturated rings. The molecule has 8 heteroatoms. The highest BCUT2D eigenvalue weighted by Gasteiger charge is 2.38. The molecule has 37 heavy (non-hydrogen) atoms. The average molecular weight is 511 g/mol. The molecule has 2 aromatic carbocycles. The van der Waals surface area contributed by atoms with Gasteiger partial charge in [-0.15, -0.1) is 0 Å². The number of ether oxygens (including phenoxy) is 1. The Hall–Kier alpha value is -3.42. The van der Waals surface area contributed by atoms with Crippen molar-refractivity contribution in [3.63, 3.8) is 0 Å². The van der Waals surface area contributed by atoms with Gasteiger partial charge in [-0.05, 0) is 84.5 Å². The first-order chi connectivity index (χ1) is 17.5. The number of halogens is 1. The maximum Gasteiger partial charge on any atom is 0.303 e. The molecular formula is C29H35FN2O5. The molecule has 4 rings (SSSR count). The van der Waals surface area contributed by atoms with Crippen LogP contribution in [0.5, 0.6) is 5.75 Å². The number of hydrogen-bond donors (Lipinski definition) is 2. The van der Waals surface area contributed by atoms with Gasteiger partial charge in [0.05, 0.1) is 6.61 Å². The van der Waals surface area contributed by atoms with E-state index >= 15 is 4.39 Å². The molecule has 0 aromatic heterocycles. The third kappa shape index (κ3) is 5.48. The summed E-state index contributed by atoms with van der Waals surface area (Å²) < 4.78 is 20.7. The Morgan fingerprint density at radius 2 is 1.95 bits per heavy atom. The molecule has 0 spiro atoms. The molecule has 0 saturated heterocycles. The number of hydrogen-bond acceptors (Lipinski definition) is 4. The van der Waals surface area contributed by atoms with Crippen molar-refractivity contribution in [3.05, 3.63) is 58.4 Å². The van der Waals surface area contributed by atoms with Gasteiger partial charge in [-0.2, -0.15) is 0 Å². The van der Waals surface area contributed by atoms with E-state index in [-0.39, 0.29) is 30.0 Å². The number of carboxylic acid groups (broad SMARTS) is 1. The molecule has 2 atom stereocenters. The lowest BCUT2D eigenvalue weighted by molar-refractivity contribution is -0.143. The minimum Gasteiger partial charge on any atom is -0.494 e. The fraction of sp³-hybridized carbons (Fsp3) is 0.483. The van der Waals surface area contributed by atoms with Gasteiger partial charge in [-0.3, -0.25) is 14.4 Å². The zero-order chi connectivity index (χ0) is 26.9. The lowest BCUT2D eigenvalue weighted by Gasteiger charge is -2.38. The topological polar surface area (TPSA) is 95.9 Å². The van der Waals surface area contributed by atoms with E-state index in [4.69, 9.17) is 9.84 Å². The van der Waals surface area contributed by atoms with Crippen LogP contribution in [-0.4, -0.2) is 40.9 Å². The highest BCUT2D eigenvalue weighted by Crippen LogP contribution is 2.41. The standard InChI is InChI=1S/C29H35FN2O5/c1-5-37-21-7-8-22-18(15-21)11-13-32(28(36)17(2)6-9-24(33)34)26(22)27(35)31-20-14-19-10-12-29(3,4)25(19)23(30)16-20/h7-8,14-17,26H,5-6,9-13H2,1-4H3,(H,31,35)(H,33,34). The number of anilines is 1. The number of benzene rings is 2. The van der Waals surface area contributed by atoms with Crippen molar-refractivity contribution in [2.24, 2.45) is 5.92 Å². The number of aliphatic carboxylic acids is 1. The number of rotatable bonds is 8. The van der Waals surface area contributed by atoms with Crippen LogP contribution in [0.2, 0.25) is 0 Å². The molecule has 0 saturated carbocycles. The maximum absolute atomic E-state index is 15.1. The molecule has 2 amide bonds. The van der Waals surface area contributed by atoms with Gasteiger partial charge in [-0.25, -0.2) is 4.39 Å². The fourth-order valence-electron chi connectivity index (χ4n) is 5.60. The number of carbonyl (C=O) groups excluding carboxylic acids is 2. The predicted octanol–water partition coefficient (Wildman–Crippen LogP) is 5.01. The number of amides is 2. The summed E-state index contributed by atoms with van der Waals surface area (Å²) in [6.45, 7) is 8.44. The van der Waals surface area contributed by atoms with E-state index in [2.05, 4.69) is 5.32 Å². The quantitative estimate of drug-likeness (QED) is 0.520. The van der Waals surface area contributed by atoms with E-state index in [0.29, 0.717) is 42.1 Å². The molecule has 0 bridgehead atoms. The Labute approximate surface area is 217 Å². The SMILES string of the molecule is CCOc1ccc2c(c1)CCN(C(=O)C(C)CCC(=O)O)C2C(=O)Nc1cc(F)c2c(c1)CCC2(C)C. The summed E-state index contributed by atoms with van der Waals surface area (Å²) in [5, 5.41) is 11.9. The smallest absolute Gasteiger partial charge is 0.303 e. The Morgan fingerprint density at radius 1 is 1.19 bits per heavy atom. The first-order valence-electron chi connectivity index (χ1n) is 12.9. The second-order valence-corrected chi connectivity index (χ2v) is 10.7. The fourth-order valence-corrected chi connectivity index (χ4v) is 5.60. The van der Waals surface area contributed by atoms with Gasteiger partial charge in [0.25, 0.3) is 5.91 Å². The first-order valence-corrected chi connectivity index (χ1v) is 12.9. The summed E-state index contributed by atoms with van der Waals surface area (Å²) in [6.07, 6.45) is 2.17. The Balaban J connectivity index is 1.66. The van der Waals surface area contributed by atoms with E-state index in [9.17, 15) is 14.4 Å². The molecule has 1 heterocycles. The third-order valence-corrected chi connectivity index (χ3v) is 7.53. The molecule has 0 radical (unpaired) electrons. The van der Waals surface area contributed by atoms with E-state index in [1.165, 1.54) is 11.0 Å². The van der Waals surface area contributed by atoms with Crippen LogP contribution in [0, 0.1) is 11.7 Å². The van der Waals surface area contributed by atoms with Gasteiger partial charge in [-0.1, -0.05) is 26.8 Å². The summed E-state index contributed by atoms with van der Waals surface area (Å²) in [5.74, 6) is -1.88. The van der Waals surface area contributed by atoms with E-state index in [1.807, 2.05) is 32.9 Å². The monoisotopic (exact) mass is 510 g/mol. The van der Waals surface area contributed by atoms with Crippen LogP contribution >= 0.6 is 0 Å². The van der Waals surface area contributed by atoms with Crippen molar-refractivity contribution in [3.8, 4) is 5.75 Å². The predicted molar refractivity (Wildman–Crippen MR) is 138 cm³/mol. The van der Waals surface area contributed by atoms with E-state index < -0.39 is 23.8 Å². The summed E-state index contributed by atoms with van der Waals surface area (Å²) >= 11 is 0. The molecule has 2 aliphatic rings. The van der Waals surface area contributed by atoms with Gasteiger partial charge in [0.15, 0.2) is 0 Å². The first kappa shape index (κ1) is 26.6. The third-order valence-electron chi connectivity index (χ3n) is 7.53. The number of carboxylic acids is 1. The Morgan fingerprint density at radius 3 is 2.65 bits per heavy atom. The van der Waals surface area contributed by atoms with Crippen molar-refractivity contribution >= 4 is 23.5 Å². The largest absolute Gasteiger partial charge is 0.494 e. The summed E-state index contributed by atoms with van der Waals surface area (Å²) in [7, 11) is 0. The summed E-state index contributed by atoms with van der Waals surface area (Å²) in [4.78, 5) is 39.7. The van der Waals surface area contributed by atoms with E-state index in [0.717, 1.165) is 24.0 Å². The zero-order valence-electron chi connectivity index (χ0n) is 21.9. The van der Waals surface area contributed by atoms with Crippen LogP contribution < -0.4 is 10.1 Å². The molecule has 1 aliphatic carbocycles. The van der Waals surface area contributed by atoms with Crippen LogP contribution in [0.25, 0.3) is 0 Å². The van der Waals surface area contributed by atoms with Crippen molar-refractivity contribution in [2.75, 3.05) is 18.5 Å². The van der Waals surface area contributed by atoms with Crippen molar-refractivity contribution < 1.29 is 28.6 Å². The molecule has 2 unspecified atom stereocenters. The second-order valence-electron chi connectivity index (χ2n) is 10.7. The maximum atomic E-state index is 15.1. The van der Waals surface area contributed by atoms with Gasteiger partial charge >= 0.3 is 5.97 Å². The second kappa shape index (κ2) is 10.5. The molecule has 2 aromatic rings. The Kier molecular flexibility index (Phi) is 7.57. The summed E-state index contributed by atoms with van der Waals surface area (Å²) in [6, 6.07) is 7.74. The molecule has 1 aliphatic heterocycles. The van der Waals surface area contributed by atoms with Gasteiger partial charge in [0.1, 0.15) is 17.6 Å². The van der Waals surface area contributed by atoms with Crippen LogP contribution in [-0.2, 0) is 32.6 Å².